The maximum atomic E-state index is 12.0. The van der Waals surface area contributed by atoms with Gasteiger partial charge in [0.15, 0.2) is 15.5 Å². The SMILES string of the molecule is Cc1cc2nn(CN(CC(C)C)C3CCS(=O)(=O)C3)c(=S)n2c2ccccc12. The summed E-state index contributed by atoms with van der Waals surface area (Å²) < 4.78 is 28.5. The number of sulfone groups is 1. The molecule has 8 heteroatoms. The van der Waals surface area contributed by atoms with Crippen LogP contribution < -0.4 is 0 Å². The fourth-order valence-corrected chi connectivity index (χ4v) is 6.19. The Morgan fingerprint density at radius 1 is 1.32 bits per heavy atom. The first-order valence-corrected chi connectivity index (χ1v) is 11.9. The van der Waals surface area contributed by atoms with E-state index in [1.54, 1.807) is 0 Å². The molecule has 3 heterocycles. The predicted molar refractivity (Wildman–Crippen MR) is 115 cm³/mol. The fraction of sp³-hybridized carbons (Fsp3) is 0.500. The van der Waals surface area contributed by atoms with Crippen molar-refractivity contribution in [3.8, 4) is 0 Å². The van der Waals surface area contributed by atoms with Gasteiger partial charge in [-0.05, 0) is 49.2 Å². The van der Waals surface area contributed by atoms with Crippen LogP contribution in [0.2, 0.25) is 0 Å². The predicted octanol–water partition coefficient (Wildman–Crippen LogP) is 3.43. The zero-order valence-corrected chi connectivity index (χ0v) is 18.1. The minimum atomic E-state index is -2.94. The summed E-state index contributed by atoms with van der Waals surface area (Å²) in [6.45, 7) is 7.70. The number of aryl methyl sites for hydroxylation is 1. The number of pyridine rings is 1. The van der Waals surface area contributed by atoms with Gasteiger partial charge in [0.05, 0.1) is 23.7 Å². The third-order valence-electron chi connectivity index (χ3n) is 5.42. The van der Waals surface area contributed by atoms with Gasteiger partial charge < -0.3 is 0 Å². The van der Waals surface area contributed by atoms with Crippen molar-refractivity contribution in [2.24, 2.45) is 5.92 Å². The van der Waals surface area contributed by atoms with E-state index >= 15 is 0 Å². The van der Waals surface area contributed by atoms with E-state index in [0.717, 1.165) is 28.7 Å². The topological polar surface area (TPSA) is 59.6 Å². The molecule has 4 rings (SSSR count). The third kappa shape index (κ3) is 3.60. The summed E-state index contributed by atoms with van der Waals surface area (Å²) in [6.07, 6.45) is 0.678. The minimum absolute atomic E-state index is 0.0255. The molecule has 0 aliphatic carbocycles. The first-order valence-electron chi connectivity index (χ1n) is 9.67. The van der Waals surface area contributed by atoms with Gasteiger partial charge in [0.25, 0.3) is 0 Å². The van der Waals surface area contributed by atoms with Gasteiger partial charge in [-0.2, -0.15) is 5.10 Å². The number of hydrogen-bond acceptors (Lipinski definition) is 5. The molecule has 150 valence electrons. The van der Waals surface area contributed by atoms with Gasteiger partial charge in [-0.25, -0.2) is 13.1 Å². The van der Waals surface area contributed by atoms with Crippen LogP contribution in [0.4, 0.5) is 0 Å². The van der Waals surface area contributed by atoms with E-state index in [1.165, 1.54) is 0 Å². The molecule has 1 atom stereocenters. The lowest BCUT2D eigenvalue weighted by molar-refractivity contribution is 0.137. The molecule has 28 heavy (non-hydrogen) atoms. The third-order valence-corrected chi connectivity index (χ3v) is 7.56. The summed E-state index contributed by atoms with van der Waals surface area (Å²) in [7, 11) is -2.94. The molecule has 6 nitrogen and oxygen atoms in total. The molecule has 1 saturated heterocycles. The Kier molecular flexibility index (Phi) is 5.05. The average Bonchev–Trinajstić information content (AvgIpc) is 3.14. The van der Waals surface area contributed by atoms with Crippen molar-refractivity contribution in [2.45, 2.75) is 39.9 Å². The van der Waals surface area contributed by atoms with E-state index in [2.05, 4.69) is 43.9 Å². The average molecular weight is 419 g/mol. The number of fused-ring (bicyclic) bond motifs is 3. The van der Waals surface area contributed by atoms with Gasteiger partial charge in [0, 0.05) is 18.0 Å². The van der Waals surface area contributed by atoms with Crippen molar-refractivity contribution in [3.63, 3.8) is 0 Å². The van der Waals surface area contributed by atoms with Crippen LogP contribution in [0, 0.1) is 17.6 Å². The van der Waals surface area contributed by atoms with E-state index in [-0.39, 0.29) is 17.5 Å². The lowest BCUT2D eigenvalue weighted by Gasteiger charge is -2.29. The lowest BCUT2D eigenvalue weighted by atomic mass is 10.1. The molecule has 0 amide bonds. The van der Waals surface area contributed by atoms with E-state index in [1.807, 2.05) is 21.2 Å². The molecule has 1 aliphatic heterocycles. The number of benzene rings is 1. The fourth-order valence-electron chi connectivity index (χ4n) is 4.14. The molecule has 0 N–H and O–H groups in total. The first-order chi connectivity index (χ1) is 13.2. The van der Waals surface area contributed by atoms with Gasteiger partial charge >= 0.3 is 0 Å². The number of hydrogen-bond donors (Lipinski definition) is 0. The van der Waals surface area contributed by atoms with Crippen LogP contribution in [-0.2, 0) is 16.5 Å². The van der Waals surface area contributed by atoms with Crippen molar-refractivity contribution in [3.05, 3.63) is 40.7 Å². The maximum absolute atomic E-state index is 12.0. The Morgan fingerprint density at radius 2 is 2.07 bits per heavy atom. The maximum Gasteiger partial charge on any atom is 0.204 e. The van der Waals surface area contributed by atoms with Crippen molar-refractivity contribution in [1.82, 2.24) is 19.1 Å². The lowest BCUT2D eigenvalue weighted by Crippen LogP contribution is -2.40. The molecule has 1 aliphatic rings. The van der Waals surface area contributed by atoms with Crippen molar-refractivity contribution in [1.29, 1.82) is 0 Å². The summed E-state index contributed by atoms with van der Waals surface area (Å²) in [6, 6.07) is 10.3. The molecule has 1 fully saturated rings. The Bertz CT molecular complexity index is 1190. The zero-order chi connectivity index (χ0) is 20.1. The number of nitrogens with zero attached hydrogens (tertiary/aromatic N) is 4. The Balaban J connectivity index is 1.76. The van der Waals surface area contributed by atoms with Gasteiger partial charge in [-0.1, -0.05) is 32.0 Å². The molecule has 0 radical (unpaired) electrons. The number of aromatic nitrogens is 3. The summed E-state index contributed by atoms with van der Waals surface area (Å²) in [5.41, 5.74) is 3.04. The highest BCUT2D eigenvalue weighted by atomic mass is 32.2. The molecule has 0 bridgehead atoms. The highest BCUT2D eigenvalue weighted by Crippen LogP contribution is 2.23. The molecule has 0 spiro atoms. The highest BCUT2D eigenvalue weighted by molar-refractivity contribution is 7.91. The van der Waals surface area contributed by atoms with Crippen LogP contribution >= 0.6 is 12.2 Å². The van der Waals surface area contributed by atoms with Crippen LogP contribution in [0.5, 0.6) is 0 Å². The summed E-state index contributed by atoms with van der Waals surface area (Å²) in [4.78, 5) is 2.23. The van der Waals surface area contributed by atoms with Gasteiger partial charge in [0.1, 0.15) is 0 Å². The molecular weight excluding hydrogens is 392 g/mol. The second-order valence-electron chi connectivity index (χ2n) is 8.18. The van der Waals surface area contributed by atoms with E-state index in [0.29, 0.717) is 23.8 Å². The summed E-state index contributed by atoms with van der Waals surface area (Å²) >= 11 is 5.77. The molecule has 1 aromatic carbocycles. The van der Waals surface area contributed by atoms with Gasteiger partial charge in [-0.15, -0.1) is 0 Å². The first kappa shape index (κ1) is 19.5. The molecule has 1 unspecified atom stereocenters. The van der Waals surface area contributed by atoms with Crippen molar-refractivity contribution in [2.75, 3.05) is 18.1 Å². The number of rotatable bonds is 5. The van der Waals surface area contributed by atoms with Crippen molar-refractivity contribution < 1.29 is 8.42 Å². The second-order valence-corrected chi connectivity index (χ2v) is 10.8. The standard InChI is InChI=1S/C20H26N4O2S2/c1-14(2)11-22(16-8-9-28(25,26)12-16)13-23-20(27)24-18-7-5-4-6-17(18)15(3)10-19(24)21-23/h4-7,10,14,16H,8-9,11-13H2,1-3H3. The zero-order valence-electron chi connectivity index (χ0n) is 16.5. The van der Waals surface area contributed by atoms with E-state index < -0.39 is 9.84 Å². The molecule has 0 saturated carbocycles. The Labute approximate surface area is 170 Å². The molecule has 3 aromatic rings. The van der Waals surface area contributed by atoms with Crippen molar-refractivity contribution >= 4 is 38.6 Å². The number of para-hydroxylation sites is 1. The Hall–Kier alpha value is -1.77. The van der Waals surface area contributed by atoms with Crippen LogP contribution in [0.3, 0.4) is 0 Å². The van der Waals surface area contributed by atoms with Crippen LogP contribution in [0.1, 0.15) is 25.8 Å². The second kappa shape index (κ2) is 7.24. The van der Waals surface area contributed by atoms with Crippen LogP contribution in [0.15, 0.2) is 30.3 Å². The quantitative estimate of drug-likeness (QED) is 0.594. The summed E-state index contributed by atoms with van der Waals surface area (Å²) in [5, 5.41) is 5.92. The van der Waals surface area contributed by atoms with Gasteiger partial charge in [-0.3, -0.25) is 9.30 Å². The normalized spacial score (nSPS) is 19.4. The summed E-state index contributed by atoms with van der Waals surface area (Å²) in [5.74, 6) is 0.923. The van der Waals surface area contributed by atoms with E-state index in [4.69, 9.17) is 17.3 Å². The largest absolute Gasteiger partial charge is 0.280 e. The van der Waals surface area contributed by atoms with Gasteiger partial charge in [0.2, 0.25) is 4.77 Å². The minimum Gasteiger partial charge on any atom is -0.280 e. The monoisotopic (exact) mass is 418 g/mol. The van der Waals surface area contributed by atoms with Crippen LogP contribution in [-0.4, -0.2) is 51.6 Å². The van der Waals surface area contributed by atoms with Crippen LogP contribution in [0.25, 0.3) is 16.6 Å². The Morgan fingerprint density at radius 3 is 2.75 bits per heavy atom. The molecular formula is C20H26N4O2S2. The molecule has 2 aromatic heterocycles. The smallest absolute Gasteiger partial charge is 0.204 e. The highest BCUT2D eigenvalue weighted by Gasteiger charge is 2.33. The van der Waals surface area contributed by atoms with E-state index in [9.17, 15) is 8.42 Å².